The maximum Gasteiger partial charge on any atom is 0.323 e. The molecular weight excluding hydrogens is 224 g/mol. The van der Waals surface area contributed by atoms with Gasteiger partial charge in [0.05, 0.1) is 0 Å². The summed E-state index contributed by atoms with van der Waals surface area (Å²) in [6.45, 7) is -0.186. The molecule has 0 amide bonds. The molecule has 0 aliphatic rings. The zero-order valence-electron chi connectivity index (χ0n) is 5.99. The fourth-order valence-corrected chi connectivity index (χ4v) is 1.31. The maximum atomic E-state index is 10.3. The van der Waals surface area contributed by atoms with Gasteiger partial charge in [-0.25, -0.2) is 0 Å². The van der Waals surface area contributed by atoms with Gasteiger partial charge in [-0.2, -0.15) is 5.26 Å². The first-order valence-electron chi connectivity index (χ1n) is 3.11. The van der Waals surface area contributed by atoms with Crippen molar-refractivity contribution in [1.82, 2.24) is 4.57 Å². The molecule has 0 bridgehead atoms. The van der Waals surface area contributed by atoms with Gasteiger partial charge in [-0.15, -0.1) is 0 Å². The number of halogens is 1. The number of rotatable bonds is 2. The van der Waals surface area contributed by atoms with Crippen molar-refractivity contribution < 1.29 is 9.90 Å². The van der Waals surface area contributed by atoms with Gasteiger partial charge in [0.25, 0.3) is 0 Å². The lowest BCUT2D eigenvalue weighted by Crippen LogP contribution is -2.08. The molecule has 1 N–H and O–H groups in total. The highest BCUT2D eigenvalue weighted by Gasteiger charge is 2.05. The lowest BCUT2D eigenvalue weighted by molar-refractivity contribution is -0.137. The van der Waals surface area contributed by atoms with Gasteiger partial charge in [0.15, 0.2) is 0 Å². The van der Waals surface area contributed by atoms with Crippen LogP contribution in [0, 0.1) is 11.3 Å². The Kier molecular flexibility index (Phi) is 2.51. The molecule has 0 saturated carbocycles. The molecule has 62 valence electrons. The van der Waals surface area contributed by atoms with Crippen molar-refractivity contribution in [3.05, 3.63) is 22.4 Å². The summed E-state index contributed by atoms with van der Waals surface area (Å²) in [5.74, 6) is -0.963. The van der Waals surface area contributed by atoms with Gasteiger partial charge >= 0.3 is 5.97 Å². The first-order valence-corrected chi connectivity index (χ1v) is 3.90. The molecule has 0 aromatic carbocycles. The molecule has 1 aromatic rings. The van der Waals surface area contributed by atoms with E-state index in [1.807, 2.05) is 6.07 Å². The van der Waals surface area contributed by atoms with Crippen LogP contribution in [0.2, 0.25) is 0 Å². The second-order valence-corrected chi connectivity index (χ2v) is 3.09. The fourth-order valence-electron chi connectivity index (χ4n) is 0.842. The van der Waals surface area contributed by atoms with Crippen LogP contribution in [0.15, 0.2) is 16.7 Å². The molecule has 5 heteroatoms. The molecule has 1 aromatic heterocycles. The Balaban J connectivity index is 2.99. The standard InChI is InChI=1S/C7H5BrN2O2/c8-5-1-6(2-9)10(3-5)4-7(11)12/h1,3H,4H2,(H,11,12). The lowest BCUT2D eigenvalue weighted by atomic mass is 10.4. The number of hydrogen-bond donors (Lipinski definition) is 1. The first kappa shape index (κ1) is 8.81. The number of aliphatic carboxylic acids is 1. The van der Waals surface area contributed by atoms with Crippen LogP contribution in [0.1, 0.15) is 5.69 Å². The minimum absolute atomic E-state index is 0.186. The average molecular weight is 229 g/mol. The summed E-state index contributed by atoms with van der Waals surface area (Å²) in [4.78, 5) is 10.3. The zero-order chi connectivity index (χ0) is 9.14. The van der Waals surface area contributed by atoms with Crippen LogP contribution < -0.4 is 0 Å². The number of carboxylic acid groups (broad SMARTS) is 1. The van der Waals surface area contributed by atoms with Crippen LogP contribution in [0.25, 0.3) is 0 Å². The van der Waals surface area contributed by atoms with Crippen LogP contribution in [0.4, 0.5) is 0 Å². The SMILES string of the molecule is N#Cc1cc(Br)cn1CC(=O)O. The van der Waals surface area contributed by atoms with Crippen LogP contribution >= 0.6 is 15.9 Å². The maximum absolute atomic E-state index is 10.3. The van der Waals surface area contributed by atoms with E-state index >= 15 is 0 Å². The number of carboxylic acids is 1. The van der Waals surface area contributed by atoms with Crippen LogP contribution in [-0.2, 0) is 11.3 Å². The lowest BCUT2D eigenvalue weighted by Gasteiger charge is -1.97. The number of aromatic nitrogens is 1. The minimum atomic E-state index is -0.963. The zero-order valence-corrected chi connectivity index (χ0v) is 7.58. The minimum Gasteiger partial charge on any atom is -0.480 e. The third kappa shape index (κ3) is 1.86. The Morgan fingerprint density at radius 2 is 2.50 bits per heavy atom. The van der Waals surface area contributed by atoms with Gasteiger partial charge in [0.1, 0.15) is 18.3 Å². The van der Waals surface area contributed by atoms with Gasteiger partial charge < -0.3 is 9.67 Å². The molecule has 12 heavy (non-hydrogen) atoms. The van der Waals surface area contributed by atoms with Crippen molar-refractivity contribution in [3.8, 4) is 6.07 Å². The van der Waals surface area contributed by atoms with Crippen molar-refractivity contribution >= 4 is 21.9 Å². The molecule has 0 aliphatic heterocycles. The van der Waals surface area contributed by atoms with E-state index in [1.54, 1.807) is 12.3 Å². The summed E-state index contributed by atoms with van der Waals surface area (Å²) in [5, 5.41) is 17.0. The molecule has 0 spiro atoms. The normalized spacial score (nSPS) is 9.33. The van der Waals surface area contributed by atoms with E-state index in [1.165, 1.54) is 4.57 Å². The summed E-state index contributed by atoms with van der Waals surface area (Å²) in [7, 11) is 0. The molecule has 1 rings (SSSR count). The predicted molar refractivity (Wildman–Crippen MR) is 44.5 cm³/mol. The van der Waals surface area contributed by atoms with Crippen molar-refractivity contribution in [2.75, 3.05) is 0 Å². The van der Waals surface area contributed by atoms with Gasteiger partial charge in [-0.05, 0) is 22.0 Å². The van der Waals surface area contributed by atoms with Crippen LogP contribution in [0.3, 0.4) is 0 Å². The van der Waals surface area contributed by atoms with Crippen molar-refractivity contribution in [1.29, 1.82) is 5.26 Å². The van der Waals surface area contributed by atoms with E-state index in [-0.39, 0.29) is 6.54 Å². The van der Waals surface area contributed by atoms with Crippen molar-refractivity contribution in [2.24, 2.45) is 0 Å². The molecule has 0 radical (unpaired) electrons. The van der Waals surface area contributed by atoms with E-state index in [2.05, 4.69) is 15.9 Å². The highest BCUT2D eigenvalue weighted by atomic mass is 79.9. The summed E-state index contributed by atoms with van der Waals surface area (Å²) < 4.78 is 2.08. The third-order valence-electron chi connectivity index (χ3n) is 1.28. The predicted octanol–water partition coefficient (Wildman–Crippen LogP) is 1.21. The monoisotopic (exact) mass is 228 g/mol. The summed E-state index contributed by atoms with van der Waals surface area (Å²) in [5.41, 5.74) is 0.337. The largest absolute Gasteiger partial charge is 0.480 e. The van der Waals surface area contributed by atoms with Crippen LogP contribution in [-0.4, -0.2) is 15.6 Å². The highest BCUT2D eigenvalue weighted by Crippen LogP contribution is 2.13. The molecule has 0 fully saturated rings. The topological polar surface area (TPSA) is 66.0 Å². The number of nitrogens with zero attached hydrogens (tertiary/aromatic N) is 2. The quantitative estimate of drug-likeness (QED) is 0.828. The Hall–Kier alpha value is -1.28. The molecule has 4 nitrogen and oxygen atoms in total. The molecule has 0 atom stereocenters. The van der Waals surface area contributed by atoms with Crippen LogP contribution in [0.5, 0.6) is 0 Å². The van der Waals surface area contributed by atoms with Crippen molar-refractivity contribution in [2.45, 2.75) is 6.54 Å². The van der Waals surface area contributed by atoms with E-state index in [0.29, 0.717) is 10.2 Å². The number of nitriles is 1. The second kappa shape index (κ2) is 3.41. The Labute approximate surface area is 77.2 Å². The van der Waals surface area contributed by atoms with Crippen molar-refractivity contribution in [3.63, 3.8) is 0 Å². The summed E-state index contributed by atoms with van der Waals surface area (Å²) in [6, 6.07) is 3.46. The second-order valence-electron chi connectivity index (χ2n) is 2.18. The summed E-state index contributed by atoms with van der Waals surface area (Å²) >= 11 is 3.15. The Morgan fingerprint density at radius 3 is 3.00 bits per heavy atom. The third-order valence-corrected chi connectivity index (χ3v) is 1.72. The fraction of sp³-hybridized carbons (Fsp3) is 0.143. The number of carbonyl (C=O) groups is 1. The van der Waals surface area contributed by atoms with Gasteiger partial charge in [-0.1, -0.05) is 0 Å². The smallest absolute Gasteiger partial charge is 0.323 e. The van der Waals surface area contributed by atoms with Gasteiger partial charge in [0, 0.05) is 10.7 Å². The molecule has 1 heterocycles. The molecule has 0 aliphatic carbocycles. The Morgan fingerprint density at radius 1 is 1.83 bits per heavy atom. The van der Waals surface area contributed by atoms with E-state index in [9.17, 15) is 4.79 Å². The summed E-state index contributed by atoms with van der Waals surface area (Å²) in [6.07, 6.45) is 1.56. The number of hydrogen-bond acceptors (Lipinski definition) is 2. The molecular formula is C7H5BrN2O2. The van der Waals surface area contributed by atoms with E-state index in [4.69, 9.17) is 10.4 Å². The van der Waals surface area contributed by atoms with Gasteiger partial charge in [-0.3, -0.25) is 4.79 Å². The average Bonchev–Trinajstić information content (AvgIpc) is 2.29. The molecule has 0 unspecified atom stereocenters. The molecule has 0 saturated heterocycles. The van der Waals surface area contributed by atoms with E-state index in [0.717, 1.165) is 0 Å². The van der Waals surface area contributed by atoms with E-state index < -0.39 is 5.97 Å². The first-order chi connectivity index (χ1) is 5.63. The Bertz CT molecular complexity index is 351. The van der Waals surface area contributed by atoms with Gasteiger partial charge in [0.2, 0.25) is 0 Å². The highest BCUT2D eigenvalue weighted by molar-refractivity contribution is 9.10.